The van der Waals surface area contributed by atoms with E-state index in [0.717, 1.165) is 16.8 Å². The van der Waals surface area contributed by atoms with Crippen molar-refractivity contribution in [2.45, 2.75) is 13.8 Å². The number of hydrogen-bond donors (Lipinski definition) is 2. The monoisotopic (exact) mass is 348 g/mol. The molecule has 6 heteroatoms. The number of para-hydroxylation sites is 2. The molecular weight excluding hydrogens is 328 g/mol. The third kappa shape index (κ3) is 4.16. The Bertz CT molecular complexity index is 903. The quantitative estimate of drug-likeness (QED) is 0.726. The number of anilines is 3. The van der Waals surface area contributed by atoms with Crippen molar-refractivity contribution in [3.8, 4) is 5.75 Å². The largest absolute Gasteiger partial charge is 0.495 e. The first-order valence-corrected chi connectivity index (χ1v) is 8.18. The molecule has 6 nitrogen and oxygen atoms in total. The second-order valence-corrected chi connectivity index (χ2v) is 5.96. The summed E-state index contributed by atoms with van der Waals surface area (Å²) in [4.78, 5) is 12.4. The maximum absolute atomic E-state index is 12.4. The van der Waals surface area contributed by atoms with Gasteiger partial charge in [0.05, 0.1) is 12.8 Å². The Morgan fingerprint density at radius 1 is 0.962 bits per heavy atom. The smallest absolute Gasteiger partial charge is 0.276 e. The van der Waals surface area contributed by atoms with Crippen LogP contribution in [0.3, 0.4) is 0 Å². The van der Waals surface area contributed by atoms with E-state index >= 15 is 0 Å². The van der Waals surface area contributed by atoms with Crippen molar-refractivity contribution in [3.63, 3.8) is 0 Å². The first-order valence-electron chi connectivity index (χ1n) is 8.18. The third-order valence-electron chi connectivity index (χ3n) is 3.75. The van der Waals surface area contributed by atoms with Crippen LogP contribution in [0.25, 0.3) is 0 Å². The Balaban J connectivity index is 1.71. The molecule has 0 spiro atoms. The van der Waals surface area contributed by atoms with Gasteiger partial charge in [-0.25, -0.2) is 0 Å². The predicted molar refractivity (Wildman–Crippen MR) is 102 cm³/mol. The van der Waals surface area contributed by atoms with Crippen LogP contribution in [0.2, 0.25) is 0 Å². The molecular formula is C20H20N4O2. The second-order valence-electron chi connectivity index (χ2n) is 5.96. The molecule has 26 heavy (non-hydrogen) atoms. The number of ether oxygens (including phenoxy) is 1. The van der Waals surface area contributed by atoms with Crippen LogP contribution in [0, 0.1) is 13.8 Å². The van der Waals surface area contributed by atoms with Crippen LogP contribution >= 0.6 is 0 Å². The van der Waals surface area contributed by atoms with Gasteiger partial charge >= 0.3 is 0 Å². The van der Waals surface area contributed by atoms with Crippen LogP contribution in [-0.2, 0) is 0 Å². The van der Waals surface area contributed by atoms with Gasteiger partial charge in [-0.05, 0) is 61.4 Å². The number of nitrogens with one attached hydrogen (secondary N) is 2. The summed E-state index contributed by atoms with van der Waals surface area (Å²) in [6, 6.07) is 16.7. The SMILES string of the molecule is COc1ccccc1NC(=O)c1ccc(Nc2cc(C)cc(C)c2)nn1. The highest BCUT2D eigenvalue weighted by atomic mass is 16.5. The number of aryl methyl sites for hydroxylation is 2. The van der Waals surface area contributed by atoms with Crippen molar-refractivity contribution in [1.82, 2.24) is 10.2 Å². The molecule has 0 saturated heterocycles. The third-order valence-corrected chi connectivity index (χ3v) is 3.75. The number of rotatable bonds is 5. The van der Waals surface area contributed by atoms with Gasteiger partial charge in [0.1, 0.15) is 5.75 Å². The summed E-state index contributed by atoms with van der Waals surface area (Å²) in [5.74, 6) is 0.811. The molecule has 0 aliphatic rings. The highest BCUT2D eigenvalue weighted by Gasteiger charge is 2.11. The number of methoxy groups -OCH3 is 1. The molecule has 1 aromatic heterocycles. The van der Waals surface area contributed by atoms with Crippen LogP contribution in [-0.4, -0.2) is 23.2 Å². The van der Waals surface area contributed by atoms with E-state index in [-0.39, 0.29) is 11.6 Å². The van der Waals surface area contributed by atoms with Crippen molar-refractivity contribution in [3.05, 3.63) is 71.4 Å². The lowest BCUT2D eigenvalue weighted by atomic mass is 10.1. The Morgan fingerprint density at radius 2 is 1.69 bits per heavy atom. The van der Waals surface area contributed by atoms with E-state index < -0.39 is 0 Å². The fourth-order valence-corrected chi connectivity index (χ4v) is 2.65. The molecule has 1 heterocycles. The van der Waals surface area contributed by atoms with Crippen molar-refractivity contribution in [2.24, 2.45) is 0 Å². The van der Waals surface area contributed by atoms with Crippen LogP contribution in [0.1, 0.15) is 21.6 Å². The molecule has 0 aliphatic carbocycles. The zero-order valence-electron chi connectivity index (χ0n) is 14.9. The number of carbonyl (C=O) groups excluding carboxylic acids is 1. The average Bonchev–Trinajstić information content (AvgIpc) is 2.62. The summed E-state index contributed by atoms with van der Waals surface area (Å²) in [5, 5.41) is 14.1. The number of hydrogen-bond acceptors (Lipinski definition) is 5. The molecule has 0 radical (unpaired) electrons. The number of amides is 1. The second kappa shape index (κ2) is 7.65. The van der Waals surface area contributed by atoms with Gasteiger partial charge in [-0.2, -0.15) is 0 Å². The molecule has 0 saturated carbocycles. The number of nitrogens with zero attached hydrogens (tertiary/aromatic N) is 2. The van der Waals surface area contributed by atoms with Crippen molar-refractivity contribution in [2.75, 3.05) is 17.7 Å². The van der Waals surface area contributed by atoms with Gasteiger partial charge in [0.2, 0.25) is 0 Å². The normalized spacial score (nSPS) is 10.3. The fourth-order valence-electron chi connectivity index (χ4n) is 2.65. The summed E-state index contributed by atoms with van der Waals surface area (Å²) in [5.41, 5.74) is 4.06. The number of aromatic nitrogens is 2. The molecule has 3 rings (SSSR count). The van der Waals surface area contributed by atoms with Crippen LogP contribution in [0.15, 0.2) is 54.6 Å². The maximum Gasteiger partial charge on any atom is 0.276 e. The lowest BCUT2D eigenvalue weighted by molar-refractivity contribution is 0.102. The molecule has 2 N–H and O–H groups in total. The first kappa shape index (κ1) is 17.4. The molecule has 0 unspecified atom stereocenters. The lowest BCUT2D eigenvalue weighted by Crippen LogP contribution is -2.15. The van der Waals surface area contributed by atoms with Gasteiger partial charge < -0.3 is 15.4 Å². The van der Waals surface area contributed by atoms with E-state index in [4.69, 9.17) is 4.74 Å². The lowest BCUT2D eigenvalue weighted by Gasteiger charge is -2.10. The standard InChI is InChI=1S/C20H20N4O2/c1-13-10-14(2)12-15(11-13)21-19-9-8-17(23-24-19)20(25)22-16-6-4-5-7-18(16)26-3/h4-12H,1-3H3,(H,21,24)(H,22,25). The minimum Gasteiger partial charge on any atom is -0.495 e. The Labute approximate surface area is 152 Å². The van der Waals surface area contributed by atoms with Crippen LogP contribution in [0.4, 0.5) is 17.2 Å². The maximum atomic E-state index is 12.4. The molecule has 0 bridgehead atoms. The molecule has 3 aromatic rings. The van der Waals surface area contributed by atoms with E-state index in [1.54, 1.807) is 31.4 Å². The number of carbonyl (C=O) groups is 1. The Kier molecular flexibility index (Phi) is 5.12. The number of benzene rings is 2. The van der Waals surface area contributed by atoms with E-state index in [2.05, 4.69) is 26.9 Å². The summed E-state index contributed by atoms with van der Waals surface area (Å²) in [6.45, 7) is 4.07. The van der Waals surface area contributed by atoms with E-state index in [9.17, 15) is 4.79 Å². The topological polar surface area (TPSA) is 76.1 Å². The molecule has 0 aliphatic heterocycles. The summed E-state index contributed by atoms with van der Waals surface area (Å²) >= 11 is 0. The first-order chi connectivity index (χ1) is 12.5. The van der Waals surface area contributed by atoms with E-state index in [1.165, 1.54) is 0 Å². The average molecular weight is 348 g/mol. The minimum atomic E-state index is -0.347. The summed E-state index contributed by atoms with van der Waals surface area (Å²) in [7, 11) is 1.55. The van der Waals surface area contributed by atoms with Crippen molar-refractivity contribution < 1.29 is 9.53 Å². The van der Waals surface area contributed by atoms with Gasteiger partial charge in [-0.15, -0.1) is 10.2 Å². The van der Waals surface area contributed by atoms with Gasteiger partial charge in [-0.3, -0.25) is 4.79 Å². The molecule has 0 fully saturated rings. The van der Waals surface area contributed by atoms with E-state index in [1.807, 2.05) is 38.1 Å². The van der Waals surface area contributed by atoms with Crippen molar-refractivity contribution >= 4 is 23.1 Å². The van der Waals surface area contributed by atoms with Crippen LogP contribution in [0.5, 0.6) is 5.75 Å². The molecule has 1 amide bonds. The summed E-state index contributed by atoms with van der Waals surface area (Å²) < 4.78 is 5.23. The van der Waals surface area contributed by atoms with Gasteiger partial charge in [0, 0.05) is 5.69 Å². The minimum absolute atomic E-state index is 0.224. The zero-order valence-corrected chi connectivity index (χ0v) is 14.9. The highest BCUT2D eigenvalue weighted by molar-refractivity contribution is 6.03. The summed E-state index contributed by atoms with van der Waals surface area (Å²) in [6.07, 6.45) is 0. The molecule has 2 aromatic carbocycles. The highest BCUT2D eigenvalue weighted by Crippen LogP contribution is 2.23. The zero-order chi connectivity index (χ0) is 18.5. The van der Waals surface area contributed by atoms with E-state index in [0.29, 0.717) is 17.3 Å². The Morgan fingerprint density at radius 3 is 2.35 bits per heavy atom. The van der Waals surface area contributed by atoms with Crippen molar-refractivity contribution in [1.29, 1.82) is 0 Å². The van der Waals surface area contributed by atoms with Gasteiger partial charge in [-0.1, -0.05) is 18.2 Å². The van der Waals surface area contributed by atoms with Crippen LogP contribution < -0.4 is 15.4 Å². The Hall–Kier alpha value is -3.41. The predicted octanol–water partition coefficient (Wildman–Crippen LogP) is 4.10. The molecule has 132 valence electrons. The fraction of sp³-hybridized carbons (Fsp3) is 0.150. The van der Waals surface area contributed by atoms with Gasteiger partial charge in [0.25, 0.3) is 5.91 Å². The molecule has 0 atom stereocenters. The van der Waals surface area contributed by atoms with Gasteiger partial charge in [0.15, 0.2) is 11.5 Å².